The monoisotopic (exact) mass is 733 g/mol. The van der Waals surface area contributed by atoms with Crippen LogP contribution in [-0.2, 0) is 16.2 Å². The third-order valence-electron chi connectivity index (χ3n) is 14.3. The van der Waals surface area contributed by atoms with E-state index < -0.39 is 0 Å². The first-order valence-electron chi connectivity index (χ1n) is 20.6. The van der Waals surface area contributed by atoms with Crippen LogP contribution in [0.25, 0.3) is 33.4 Å². The Balaban J connectivity index is 1.14. The molecule has 0 spiro atoms. The summed E-state index contributed by atoms with van der Waals surface area (Å²) in [5, 5.41) is 0. The van der Waals surface area contributed by atoms with E-state index in [2.05, 4.69) is 222 Å². The Kier molecular flexibility index (Phi) is 7.27. The lowest BCUT2D eigenvalue weighted by molar-refractivity contribution is 0.392. The Hall–Kier alpha value is -6.18. The van der Waals surface area contributed by atoms with Gasteiger partial charge in [-0.1, -0.05) is 179 Å². The van der Waals surface area contributed by atoms with Gasteiger partial charge in [-0.25, -0.2) is 0 Å². The molecule has 7 aromatic carbocycles. The molecule has 3 unspecified atom stereocenters. The van der Waals surface area contributed by atoms with Gasteiger partial charge in [0, 0.05) is 33.8 Å². The standard InChI is InChI=1S/C56H47N/c1-54(2)47-24-14-12-21-42(47)44-30-27-38(33-50(44)54)57(39-28-31-45-43-22-13-15-25-48(43)55(3,4)51(45)34-39)40-29-32-46-52(35-40)56(5,37-19-10-7-11-20-37)49-26-16-23-41(53(46)49)36-17-8-6-9-18-36/h6-35,44,50H,1-5H3. The second-order valence-corrected chi connectivity index (χ2v) is 17.9. The summed E-state index contributed by atoms with van der Waals surface area (Å²) in [6, 6.07) is 61.5. The lowest BCUT2D eigenvalue weighted by Crippen LogP contribution is -2.28. The van der Waals surface area contributed by atoms with E-state index in [1.54, 1.807) is 0 Å². The summed E-state index contributed by atoms with van der Waals surface area (Å²) in [5.41, 5.74) is 20.7. The molecule has 0 aromatic heterocycles. The highest BCUT2D eigenvalue weighted by Crippen LogP contribution is 2.58. The fourth-order valence-electron chi connectivity index (χ4n) is 11.2. The molecule has 4 aliphatic carbocycles. The molecule has 0 heterocycles. The van der Waals surface area contributed by atoms with Crippen LogP contribution in [0.5, 0.6) is 0 Å². The van der Waals surface area contributed by atoms with E-state index in [0.29, 0.717) is 11.8 Å². The minimum atomic E-state index is -0.350. The number of anilines is 2. The number of hydrogen-bond donors (Lipinski definition) is 0. The van der Waals surface area contributed by atoms with E-state index in [4.69, 9.17) is 0 Å². The van der Waals surface area contributed by atoms with Gasteiger partial charge in [-0.15, -0.1) is 0 Å². The minimum Gasteiger partial charge on any atom is -0.311 e. The molecule has 276 valence electrons. The molecule has 7 aromatic rings. The van der Waals surface area contributed by atoms with Crippen LogP contribution in [0, 0.1) is 5.92 Å². The summed E-state index contributed by atoms with van der Waals surface area (Å²) in [6.45, 7) is 12.1. The van der Waals surface area contributed by atoms with Crippen molar-refractivity contribution in [1.82, 2.24) is 0 Å². The summed E-state index contributed by atoms with van der Waals surface area (Å²) in [6.07, 6.45) is 7.47. The smallest absolute Gasteiger partial charge is 0.0465 e. The molecule has 11 rings (SSSR count). The summed E-state index contributed by atoms with van der Waals surface area (Å²) < 4.78 is 0. The van der Waals surface area contributed by atoms with Crippen LogP contribution in [0.15, 0.2) is 188 Å². The van der Waals surface area contributed by atoms with Crippen LogP contribution in [0.2, 0.25) is 0 Å². The fraction of sp³-hybridized carbons (Fsp3) is 0.179. The summed E-state index contributed by atoms with van der Waals surface area (Å²) >= 11 is 0. The predicted molar refractivity (Wildman–Crippen MR) is 238 cm³/mol. The Morgan fingerprint density at radius 2 is 1.07 bits per heavy atom. The van der Waals surface area contributed by atoms with E-state index in [1.807, 2.05) is 0 Å². The van der Waals surface area contributed by atoms with Crippen molar-refractivity contribution in [3.8, 4) is 33.4 Å². The highest BCUT2D eigenvalue weighted by molar-refractivity contribution is 5.95. The van der Waals surface area contributed by atoms with Crippen LogP contribution in [0.3, 0.4) is 0 Å². The third-order valence-corrected chi connectivity index (χ3v) is 14.3. The lowest BCUT2D eigenvalue weighted by atomic mass is 9.73. The molecule has 0 fully saturated rings. The van der Waals surface area contributed by atoms with Crippen molar-refractivity contribution in [3.05, 3.63) is 227 Å². The predicted octanol–water partition coefficient (Wildman–Crippen LogP) is 14.3. The number of allylic oxidation sites excluding steroid dienone is 3. The second kappa shape index (κ2) is 12.2. The Morgan fingerprint density at radius 3 is 1.84 bits per heavy atom. The van der Waals surface area contributed by atoms with Gasteiger partial charge in [0.05, 0.1) is 0 Å². The first-order chi connectivity index (χ1) is 27.7. The zero-order valence-corrected chi connectivity index (χ0v) is 33.4. The second-order valence-electron chi connectivity index (χ2n) is 17.9. The number of benzene rings is 7. The van der Waals surface area contributed by atoms with E-state index in [-0.39, 0.29) is 16.2 Å². The molecule has 1 nitrogen and oxygen atoms in total. The number of rotatable bonds is 5. The SMILES string of the molecule is CC1(C)c2ccccc2-c2ccc(N(C3=CC4C(C=C3)c3ccccc3C4(C)C)c3ccc4c(c3)C(C)(c3ccccc3)c3cccc(-c5ccccc5)c3-4)cc21. The average molecular weight is 734 g/mol. The van der Waals surface area contributed by atoms with E-state index in [9.17, 15) is 0 Å². The lowest BCUT2D eigenvalue weighted by Gasteiger charge is -2.36. The van der Waals surface area contributed by atoms with Gasteiger partial charge in [0.25, 0.3) is 0 Å². The van der Waals surface area contributed by atoms with Crippen molar-refractivity contribution < 1.29 is 0 Å². The zero-order chi connectivity index (χ0) is 38.7. The molecular weight excluding hydrogens is 687 g/mol. The van der Waals surface area contributed by atoms with Gasteiger partial charge in [-0.05, 0) is 121 Å². The molecule has 0 saturated heterocycles. The van der Waals surface area contributed by atoms with Crippen molar-refractivity contribution in [3.63, 3.8) is 0 Å². The van der Waals surface area contributed by atoms with Crippen LogP contribution in [0.4, 0.5) is 11.4 Å². The van der Waals surface area contributed by atoms with E-state index >= 15 is 0 Å². The molecular formula is C56H47N. The average Bonchev–Trinajstić information content (AvgIpc) is 3.75. The largest absolute Gasteiger partial charge is 0.311 e. The highest BCUT2D eigenvalue weighted by Gasteiger charge is 2.46. The van der Waals surface area contributed by atoms with Crippen LogP contribution >= 0.6 is 0 Å². The summed E-state index contributed by atoms with van der Waals surface area (Å²) in [4.78, 5) is 2.55. The topological polar surface area (TPSA) is 3.24 Å². The fourth-order valence-corrected chi connectivity index (χ4v) is 11.2. The molecule has 3 atom stereocenters. The van der Waals surface area contributed by atoms with Crippen molar-refractivity contribution in [2.24, 2.45) is 5.92 Å². The molecule has 0 amide bonds. The zero-order valence-electron chi connectivity index (χ0n) is 33.4. The van der Waals surface area contributed by atoms with Gasteiger partial charge in [0.1, 0.15) is 0 Å². The summed E-state index contributed by atoms with van der Waals surface area (Å²) in [7, 11) is 0. The molecule has 0 N–H and O–H groups in total. The molecule has 0 saturated carbocycles. The first-order valence-corrected chi connectivity index (χ1v) is 20.6. The van der Waals surface area contributed by atoms with Crippen LogP contribution < -0.4 is 4.90 Å². The summed E-state index contributed by atoms with van der Waals surface area (Å²) in [5.74, 6) is 0.705. The molecule has 1 heteroatoms. The Morgan fingerprint density at radius 1 is 0.474 bits per heavy atom. The van der Waals surface area contributed by atoms with E-state index in [1.165, 1.54) is 89.4 Å². The first kappa shape index (κ1) is 34.1. The number of fused-ring (bicyclic) bond motifs is 9. The minimum absolute atomic E-state index is 0.00378. The van der Waals surface area contributed by atoms with Gasteiger partial charge in [0.15, 0.2) is 0 Å². The van der Waals surface area contributed by atoms with E-state index in [0.717, 1.165) is 0 Å². The van der Waals surface area contributed by atoms with Crippen molar-refractivity contribution in [1.29, 1.82) is 0 Å². The van der Waals surface area contributed by atoms with Crippen molar-refractivity contribution >= 4 is 11.4 Å². The van der Waals surface area contributed by atoms with Crippen molar-refractivity contribution in [2.75, 3.05) is 4.90 Å². The normalized spacial score (nSPS) is 21.1. The number of nitrogens with zero attached hydrogens (tertiary/aromatic N) is 1. The Labute approximate surface area is 337 Å². The maximum absolute atomic E-state index is 2.59. The molecule has 4 aliphatic rings. The maximum Gasteiger partial charge on any atom is 0.0465 e. The van der Waals surface area contributed by atoms with Crippen LogP contribution in [0.1, 0.15) is 79.5 Å². The van der Waals surface area contributed by atoms with Gasteiger partial charge >= 0.3 is 0 Å². The maximum atomic E-state index is 2.59. The van der Waals surface area contributed by atoms with Gasteiger partial charge in [0.2, 0.25) is 0 Å². The number of hydrogen-bond acceptors (Lipinski definition) is 1. The van der Waals surface area contributed by atoms with Crippen LogP contribution in [-0.4, -0.2) is 0 Å². The molecule has 0 radical (unpaired) electrons. The van der Waals surface area contributed by atoms with Gasteiger partial charge in [-0.2, -0.15) is 0 Å². The molecule has 57 heavy (non-hydrogen) atoms. The molecule has 0 bridgehead atoms. The van der Waals surface area contributed by atoms with Gasteiger partial charge in [-0.3, -0.25) is 0 Å². The molecule has 0 aliphatic heterocycles. The Bertz CT molecular complexity index is 2820. The quantitative estimate of drug-likeness (QED) is 0.170. The van der Waals surface area contributed by atoms with Crippen molar-refractivity contribution in [2.45, 2.75) is 56.8 Å². The third kappa shape index (κ3) is 4.75. The highest BCUT2D eigenvalue weighted by atomic mass is 15.1. The van der Waals surface area contributed by atoms with Gasteiger partial charge < -0.3 is 4.90 Å².